The Kier molecular flexibility index (Phi) is 9.87. The molecule has 5 saturated carbocycles. The number of hydrogen-bond donors (Lipinski definition) is 5. The zero-order chi connectivity index (χ0) is 39.4. The van der Waals surface area contributed by atoms with Gasteiger partial charge in [-0.1, -0.05) is 73.8 Å². The predicted molar refractivity (Wildman–Crippen MR) is 214 cm³/mol. The Hall–Kier alpha value is -1.87. The van der Waals surface area contributed by atoms with Gasteiger partial charge in [0.05, 0.1) is 17.6 Å². The molecule has 8 nitrogen and oxygen atoms in total. The second-order valence-corrected chi connectivity index (χ2v) is 21.6. The molecule has 1 saturated heterocycles. The Morgan fingerprint density at radius 2 is 1.40 bits per heavy atom. The van der Waals surface area contributed by atoms with Crippen LogP contribution in [0.2, 0.25) is 0 Å². The first-order valence-electron chi connectivity index (χ1n) is 21.0. The van der Waals surface area contributed by atoms with Gasteiger partial charge < -0.3 is 37.1 Å². The minimum absolute atomic E-state index is 0.104. The first-order valence-corrected chi connectivity index (χ1v) is 21.0. The van der Waals surface area contributed by atoms with E-state index in [0.29, 0.717) is 45.2 Å². The highest BCUT2D eigenvalue weighted by molar-refractivity contribution is 5.77. The maximum atomic E-state index is 14.1. The maximum absolute atomic E-state index is 14.1. The third kappa shape index (κ3) is 5.59. The Morgan fingerprint density at radius 1 is 0.792 bits per heavy atom. The Bertz CT molecular complexity index is 1520. The molecule has 6 fully saturated rings. The molecule has 10 atom stereocenters. The number of carbonyl (C=O) groups excluding carboxylic acids is 1. The van der Waals surface area contributed by atoms with Gasteiger partial charge in [0.15, 0.2) is 0 Å². The van der Waals surface area contributed by atoms with Crippen molar-refractivity contribution in [3.05, 3.63) is 36.8 Å². The van der Waals surface area contributed by atoms with Crippen LogP contribution < -0.4 is 17.2 Å². The number of ether oxygens (including phenoxy) is 1. The van der Waals surface area contributed by atoms with Crippen molar-refractivity contribution in [2.75, 3.05) is 13.1 Å². The lowest BCUT2D eigenvalue weighted by molar-refractivity contribution is -0.271. The smallest absolute Gasteiger partial charge is 0.223 e. The lowest BCUT2D eigenvalue weighted by Gasteiger charge is -2.81. The lowest BCUT2D eigenvalue weighted by atomic mass is 9.27. The van der Waals surface area contributed by atoms with Gasteiger partial charge in [-0.3, -0.25) is 4.79 Å². The van der Waals surface area contributed by atoms with E-state index < -0.39 is 16.6 Å². The van der Waals surface area contributed by atoms with Gasteiger partial charge in [0.1, 0.15) is 6.10 Å². The summed E-state index contributed by atoms with van der Waals surface area (Å²) in [4.78, 5) is 16.1. The number of nitrogens with zero attached hydrogens (tertiary/aromatic N) is 1. The molecule has 0 spiro atoms. The SMILES string of the molecule is C=C(O)CC(C)(C)CC(=C)O[C@H]1CC[C@]2(C)[C@@]3(N)CCC4(N)[C@H]5[C@H](C(=C)C)CC[C@]5(CC(=O)N5CCC(O)CC5)CC[C@@]4(C)[C@]3(C)CC[C@@]2(N)C1(C)C. The second kappa shape index (κ2) is 12.8. The van der Waals surface area contributed by atoms with Crippen molar-refractivity contribution in [3.8, 4) is 0 Å². The van der Waals surface area contributed by atoms with E-state index in [1.165, 1.54) is 5.57 Å². The normalized spacial score (nSPS) is 45.3. The fourth-order valence-electron chi connectivity index (χ4n) is 14.8. The fourth-order valence-corrected chi connectivity index (χ4v) is 14.8. The van der Waals surface area contributed by atoms with Crippen molar-refractivity contribution in [2.45, 2.75) is 181 Å². The topological polar surface area (TPSA) is 148 Å². The molecule has 0 aromatic rings. The molecule has 300 valence electrons. The van der Waals surface area contributed by atoms with E-state index in [2.05, 4.69) is 75.1 Å². The number of amides is 1. The van der Waals surface area contributed by atoms with Gasteiger partial charge in [0.25, 0.3) is 0 Å². The van der Waals surface area contributed by atoms with Gasteiger partial charge >= 0.3 is 0 Å². The number of allylic oxidation sites excluding steroid dienone is 3. The number of aliphatic hydroxyl groups excluding tert-OH is 2. The van der Waals surface area contributed by atoms with Crippen LogP contribution in [0, 0.1) is 44.3 Å². The highest BCUT2D eigenvalue weighted by atomic mass is 16.5. The molecule has 0 aromatic carbocycles. The summed E-state index contributed by atoms with van der Waals surface area (Å²) in [7, 11) is 0. The minimum atomic E-state index is -0.586. The van der Waals surface area contributed by atoms with Crippen LogP contribution >= 0.6 is 0 Å². The largest absolute Gasteiger partial charge is 0.513 e. The van der Waals surface area contributed by atoms with E-state index in [1.54, 1.807) is 0 Å². The molecule has 0 bridgehead atoms. The van der Waals surface area contributed by atoms with Crippen LogP contribution in [-0.2, 0) is 9.53 Å². The minimum Gasteiger partial charge on any atom is -0.513 e. The number of fused-ring (bicyclic) bond motifs is 7. The summed E-state index contributed by atoms with van der Waals surface area (Å²) in [5.41, 5.74) is 22.0. The van der Waals surface area contributed by atoms with E-state index in [1.807, 2.05) is 4.90 Å². The molecule has 0 radical (unpaired) electrons. The van der Waals surface area contributed by atoms with Gasteiger partial charge in [0.2, 0.25) is 5.91 Å². The van der Waals surface area contributed by atoms with E-state index in [9.17, 15) is 15.0 Å². The van der Waals surface area contributed by atoms with Crippen molar-refractivity contribution in [3.63, 3.8) is 0 Å². The van der Waals surface area contributed by atoms with Gasteiger partial charge in [-0.2, -0.15) is 0 Å². The molecule has 0 aromatic heterocycles. The van der Waals surface area contributed by atoms with E-state index in [0.717, 1.165) is 70.0 Å². The van der Waals surface area contributed by atoms with Crippen LogP contribution in [0.1, 0.15) is 152 Å². The number of rotatable bonds is 9. The monoisotopic (exact) mass is 737 g/mol. The molecule has 6 aliphatic rings. The number of hydrogen-bond acceptors (Lipinski definition) is 7. The van der Waals surface area contributed by atoms with Gasteiger partial charge in [0, 0.05) is 59.8 Å². The summed E-state index contributed by atoms with van der Waals surface area (Å²) in [5, 5.41) is 20.1. The van der Waals surface area contributed by atoms with E-state index >= 15 is 0 Å². The van der Waals surface area contributed by atoms with Crippen molar-refractivity contribution in [1.29, 1.82) is 0 Å². The highest BCUT2D eigenvalue weighted by Gasteiger charge is 2.81. The van der Waals surface area contributed by atoms with Crippen molar-refractivity contribution >= 4 is 5.91 Å². The van der Waals surface area contributed by atoms with E-state index in [4.69, 9.17) is 21.9 Å². The second-order valence-electron chi connectivity index (χ2n) is 21.6. The molecule has 1 heterocycles. The average Bonchev–Trinajstić information content (AvgIpc) is 3.44. The van der Waals surface area contributed by atoms with Crippen LogP contribution in [-0.4, -0.2) is 62.9 Å². The molecular formula is C45H76N4O4. The molecule has 6 rings (SSSR count). The zero-order valence-electron chi connectivity index (χ0n) is 34.8. The molecular weight excluding hydrogens is 661 g/mol. The first-order chi connectivity index (χ1) is 24.3. The maximum Gasteiger partial charge on any atom is 0.223 e. The first kappa shape index (κ1) is 40.8. The predicted octanol–water partition coefficient (Wildman–Crippen LogP) is 8.04. The molecule has 1 aliphatic heterocycles. The van der Waals surface area contributed by atoms with Crippen molar-refractivity contribution < 1.29 is 19.7 Å². The van der Waals surface area contributed by atoms with Crippen LogP contribution in [0.3, 0.4) is 0 Å². The summed E-state index contributed by atoms with van der Waals surface area (Å²) in [6, 6.07) is 0. The van der Waals surface area contributed by atoms with Crippen LogP contribution in [0.15, 0.2) is 36.8 Å². The summed E-state index contributed by atoms with van der Waals surface area (Å²) >= 11 is 0. The number of likely N-dealkylation sites (tertiary alicyclic amines) is 1. The standard InChI is InChI=1S/C45H76N4O4/c1-29(2)33-12-17-42(28-35(52)49-24-14-32(51)15-25-49)20-18-39(9)40(10)19-22-44(47)38(7,8)34(53-31(4)27-37(5,6)26-30(3)50)13-16-41(44,11)45(40,48)23-21-43(39,46)36(33)42/h32-34,36,50-51H,1,3-4,12-28,46-48H2,2,5-11H3/t33-,34-,36-,39-,40-,41-,42+,43?,44+,45+/m0/s1. The summed E-state index contributed by atoms with van der Waals surface area (Å²) in [6.45, 7) is 32.2. The van der Waals surface area contributed by atoms with Crippen molar-refractivity contribution in [1.82, 2.24) is 4.90 Å². The summed E-state index contributed by atoms with van der Waals surface area (Å²) < 4.78 is 6.77. The zero-order valence-corrected chi connectivity index (χ0v) is 34.8. The number of nitrogens with two attached hydrogens (primary N) is 3. The third-order valence-electron chi connectivity index (χ3n) is 18.3. The Labute approximate surface area is 321 Å². The molecule has 53 heavy (non-hydrogen) atoms. The van der Waals surface area contributed by atoms with Crippen molar-refractivity contribution in [2.24, 2.45) is 61.5 Å². The Balaban J connectivity index is 1.31. The van der Waals surface area contributed by atoms with Crippen LogP contribution in [0.5, 0.6) is 0 Å². The molecule has 8 heteroatoms. The number of aliphatic hydroxyl groups is 2. The highest BCUT2D eigenvalue weighted by Crippen LogP contribution is 2.79. The summed E-state index contributed by atoms with van der Waals surface area (Å²) in [6.07, 6.45) is 11.6. The Morgan fingerprint density at radius 3 is 2.00 bits per heavy atom. The molecule has 8 N–H and O–H groups in total. The number of piperidine rings is 1. The van der Waals surface area contributed by atoms with Crippen LogP contribution in [0.4, 0.5) is 0 Å². The number of carbonyl (C=O) groups is 1. The molecule has 1 amide bonds. The molecule has 5 aliphatic carbocycles. The summed E-state index contributed by atoms with van der Waals surface area (Å²) in [5.74, 6) is 1.57. The average molecular weight is 737 g/mol. The van der Waals surface area contributed by atoms with E-state index in [-0.39, 0.29) is 68.2 Å². The van der Waals surface area contributed by atoms with Gasteiger partial charge in [-0.25, -0.2) is 0 Å². The van der Waals surface area contributed by atoms with Gasteiger partial charge in [-0.15, -0.1) is 0 Å². The fraction of sp³-hybridized carbons (Fsp3) is 0.844. The quantitative estimate of drug-likeness (QED) is 0.119. The molecule has 1 unspecified atom stereocenters. The third-order valence-corrected chi connectivity index (χ3v) is 18.3. The lowest BCUT2D eigenvalue weighted by Crippen LogP contribution is -2.88. The van der Waals surface area contributed by atoms with Crippen LogP contribution in [0.25, 0.3) is 0 Å². The van der Waals surface area contributed by atoms with Gasteiger partial charge in [-0.05, 0) is 117 Å².